The molecule has 1 heterocycles. The van der Waals surface area contributed by atoms with Gasteiger partial charge in [-0.15, -0.1) is 11.3 Å². The van der Waals surface area contributed by atoms with Gasteiger partial charge in [0.05, 0.1) is 9.54 Å². The number of hydrogen-bond acceptors (Lipinski definition) is 4. The lowest BCUT2D eigenvalue weighted by Gasteiger charge is -2.17. The van der Waals surface area contributed by atoms with Crippen molar-refractivity contribution in [3.8, 4) is 0 Å². The highest BCUT2D eigenvalue weighted by molar-refractivity contribution is 9.11. The van der Waals surface area contributed by atoms with E-state index in [0.29, 0.717) is 10.6 Å². The maximum atomic E-state index is 11.8. The van der Waals surface area contributed by atoms with Gasteiger partial charge in [-0.25, -0.2) is 8.42 Å². The minimum absolute atomic E-state index is 0.101. The molecular formula is C9H14BrNO2S2. The summed E-state index contributed by atoms with van der Waals surface area (Å²) in [5.74, 6) is 0.101. The summed E-state index contributed by atoms with van der Waals surface area (Å²) < 4.78 is 24.9. The zero-order chi connectivity index (χ0) is 11.7. The summed E-state index contributed by atoms with van der Waals surface area (Å²) in [7, 11) is -3.16. The lowest BCUT2D eigenvalue weighted by Crippen LogP contribution is -2.34. The highest BCUT2D eigenvalue weighted by Crippen LogP contribution is 2.27. The topological polar surface area (TPSA) is 60.2 Å². The van der Waals surface area contributed by atoms with Gasteiger partial charge in [0.15, 0.2) is 9.84 Å². The highest BCUT2D eigenvalue weighted by atomic mass is 79.9. The first kappa shape index (κ1) is 13.2. The van der Waals surface area contributed by atoms with Gasteiger partial charge in [-0.3, -0.25) is 0 Å². The second-order valence-electron chi connectivity index (χ2n) is 4.12. The molecule has 2 N–H and O–H groups in total. The van der Waals surface area contributed by atoms with Crippen LogP contribution in [0.25, 0.3) is 0 Å². The Kier molecular flexibility index (Phi) is 3.97. The van der Waals surface area contributed by atoms with Crippen molar-refractivity contribution in [3.63, 3.8) is 0 Å². The summed E-state index contributed by atoms with van der Waals surface area (Å²) in [6.07, 6.45) is 0.463. The van der Waals surface area contributed by atoms with Crippen LogP contribution in [0, 0.1) is 0 Å². The molecule has 0 radical (unpaired) electrons. The van der Waals surface area contributed by atoms with Crippen molar-refractivity contribution in [2.75, 3.05) is 5.75 Å². The van der Waals surface area contributed by atoms with Crippen LogP contribution >= 0.6 is 27.3 Å². The van der Waals surface area contributed by atoms with E-state index in [1.807, 2.05) is 13.8 Å². The number of sulfone groups is 1. The standard InChI is InChI=1S/C9H14BrNO2S2/c1-9(2,11)5-6-15(12,13)8-4-3-7(10)14-8/h3-4H,5-6,11H2,1-2H3. The van der Waals surface area contributed by atoms with Gasteiger partial charge in [0.2, 0.25) is 0 Å². The molecule has 0 fully saturated rings. The number of nitrogens with two attached hydrogens (primary N) is 1. The molecule has 0 aliphatic carbocycles. The van der Waals surface area contributed by atoms with Crippen LogP contribution in [0.2, 0.25) is 0 Å². The van der Waals surface area contributed by atoms with Crippen molar-refractivity contribution in [2.24, 2.45) is 5.73 Å². The van der Waals surface area contributed by atoms with Crippen LogP contribution in [0.1, 0.15) is 20.3 Å². The van der Waals surface area contributed by atoms with E-state index in [1.54, 1.807) is 12.1 Å². The van der Waals surface area contributed by atoms with E-state index >= 15 is 0 Å². The van der Waals surface area contributed by atoms with Gasteiger partial charge in [0, 0.05) is 5.54 Å². The van der Waals surface area contributed by atoms with Gasteiger partial charge in [0.25, 0.3) is 0 Å². The first-order chi connectivity index (χ1) is 6.71. The predicted molar refractivity (Wildman–Crippen MR) is 67.0 cm³/mol. The molecule has 0 saturated carbocycles. The van der Waals surface area contributed by atoms with Gasteiger partial charge < -0.3 is 5.73 Å². The van der Waals surface area contributed by atoms with E-state index in [-0.39, 0.29) is 5.75 Å². The smallest absolute Gasteiger partial charge is 0.187 e. The lowest BCUT2D eigenvalue weighted by molar-refractivity contribution is 0.496. The van der Waals surface area contributed by atoms with Gasteiger partial charge in [-0.2, -0.15) is 0 Å². The first-order valence-corrected chi connectivity index (χ1v) is 7.74. The second-order valence-corrected chi connectivity index (χ2v) is 8.91. The molecule has 0 amide bonds. The van der Waals surface area contributed by atoms with E-state index in [2.05, 4.69) is 15.9 Å². The van der Waals surface area contributed by atoms with Crippen LogP contribution in [-0.2, 0) is 9.84 Å². The molecule has 0 unspecified atom stereocenters. The summed E-state index contributed by atoms with van der Waals surface area (Å²) in [6.45, 7) is 3.65. The number of halogens is 1. The van der Waals surface area contributed by atoms with Crippen molar-refractivity contribution >= 4 is 37.1 Å². The van der Waals surface area contributed by atoms with Crippen molar-refractivity contribution in [3.05, 3.63) is 15.9 Å². The Balaban J connectivity index is 2.77. The quantitative estimate of drug-likeness (QED) is 0.929. The zero-order valence-electron chi connectivity index (χ0n) is 8.66. The van der Waals surface area contributed by atoms with Gasteiger partial charge >= 0.3 is 0 Å². The maximum absolute atomic E-state index is 11.8. The molecule has 0 aliphatic rings. The fraction of sp³-hybridized carbons (Fsp3) is 0.556. The van der Waals surface area contributed by atoms with Gasteiger partial charge in [-0.1, -0.05) is 0 Å². The van der Waals surface area contributed by atoms with Gasteiger partial charge in [-0.05, 0) is 48.3 Å². The average Bonchev–Trinajstić information content (AvgIpc) is 2.48. The average molecular weight is 312 g/mol. The highest BCUT2D eigenvalue weighted by Gasteiger charge is 2.20. The molecule has 3 nitrogen and oxygen atoms in total. The van der Waals surface area contributed by atoms with E-state index in [1.165, 1.54) is 11.3 Å². The Morgan fingerprint density at radius 3 is 2.47 bits per heavy atom. The summed E-state index contributed by atoms with van der Waals surface area (Å²) in [6, 6.07) is 3.36. The fourth-order valence-electron chi connectivity index (χ4n) is 0.963. The zero-order valence-corrected chi connectivity index (χ0v) is 11.9. The minimum Gasteiger partial charge on any atom is -0.326 e. The summed E-state index contributed by atoms with van der Waals surface area (Å²) >= 11 is 4.48. The van der Waals surface area contributed by atoms with E-state index in [9.17, 15) is 8.42 Å². The number of rotatable bonds is 4. The van der Waals surface area contributed by atoms with Gasteiger partial charge in [0.1, 0.15) is 4.21 Å². The van der Waals surface area contributed by atoms with Crippen LogP contribution in [0.3, 0.4) is 0 Å². The molecule has 15 heavy (non-hydrogen) atoms. The first-order valence-electron chi connectivity index (χ1n) is 4.48. The Hall–Kier alpha value is 0.0900. The van der Waals surface area contributed by atoms with Crippen molar-refractivity contribution in [1.29, 1.82) is 0 Å². The van der Waals surface area contributed by atoms with E-state index in [4.69, 9.17) is 5.73 Å². The normalized spacial score (nSPS) is 13.1. The molecule has 1 rings (SSSR count). The molecule has 0 aromatic carbocycles. The fourth-order valence-corrected chi connectivity index (χ4v) is 4.70. The Morgan fingerprint density at radius 1 is 1.47 bits per heavy atom. The molecule has 0 spiro atoms. The summed E-state index contributed by atoms with van der Waals surface area (Å²) in [5, 5.41) is 0. The van der Waals surface area contributed by atoms with Crippen molar-refractivity contribution < 1.29 is 8.42 Å². The number of thiophene rings is 1. The maximum Gasteiger partial charge on any atom is 0.187 e. The molecule has 6 heteroatoms. The molecule has 1 aromatic rings. The third-order valence-electron chi connectivity index (χ3n) is 1.87. The van der Waals surface area contributed by atoms with E-state index in [0.717, 1.165) is 3.79 Å². The minimum atomic E-state index is -3.16. The Bertz CT molecular complexity index is 431. The predicted octanol–water partition coefficient (Wildman–Crippen LogP) is 2.41. The van der Waals surface area contributed by atoms with Crippen LogP contribution in [-0.4, -0.2) is 19.7 Å². The molecular weight excluding hydrogens is 298 g/mol. The Labute approximate surface area is 103 Å². The molecule has 0 bridgehead atoms. The van der Waals surface area contributed by atoms with Crippen LogP contribution in [0.15, 0.2) is 20.1 Å². The summed E-state index contributed by atoms with van der Waals surface area (Å²) in [5.41, 5.74) is 5.31. The lowest BCUT2D eigenvalue weighted by atomic mass is 10.0. The SMILES string of the molecule is CC(C)(N)CCS(=O)(=O)c1ccc(Br)s1. The molecule has 0 atom stereocenters. The second kappa shape index (κ2) is 4.53. The van der Waals surface area contributed by atoms with Crippen LogP contribution < -0.4 is 5.73 Å². The molecule has 0 aliphatic heterocycles. The molecule has 86 valence electrons. The third-order valence-corrected chi connectivity index (χ3v) is 5.79. The van der Waals surface area contributed by atoms with Crippen LogP contribution in [0.5, 0.6) is 0 Å². The van der Waals surface area contributed by atoms with E-state index < -0.39 is 15.4 Å². The largest absolute Gasteiger partial charge is 0.326 e. The monoisotopic (exact) mass is 311 g/mol. The van der Waals surface area contributed by atoms with Crippen molar-refractivity contribution in [2.45, 2.75) is 30.0 Å². The van der Waals surface area contributed by atoms with Crippen molar-refractivity contribution in [1.82, 2.24) is 0 Å². The molecule has 1 aromatic heterocycles. The Morgan fingerprint density at radius 2 is 2.07 bits per heavy atom. The third kappa shape index (κ3) is 4.22. The number of hydrogen-bond donors (Lipinski definition) is 1. The molecule has 0 saturated heterocycles. The summed E-state index contributed by atoms with van der Waals surface area (Å²) in [4.78, 5) is 0. The van der Waals surface area contributed by atoms with Crippen LogP contribution in [0.4, 0.5) is 0 Å².